The number of methoxy groups -OCH3 is 1. The van der Waals surface area contributed by atoms with E-state index in [1.807, 2.05) is 12.1 Å². The molecule has 1 saturated heterocycles. The number of carbonyl (C=O) groups is 2. The molecule has 1 fully saturated rings. The molecule has 5 nitrogen and oxygen atoms in total. The highest BCUT2D eigenvalue weighted by Gasteiger charge is 2.44. The highest BCUT2D eigenvalue weighted by molar-refractivity contribution is 6.02. The van der Waals surface area contributed by atoms with Crippen LogP contribution in [-0.4, -0.2) is 24.7 Å². The van der Waals surface area contributed by atoms with Crippen molar-refractivity contribution in [3.8, 4) is 5.75 Å². The number of hydrogen-bond donors (Lipinski definition) is 1. The third-order valence-electron chi connectivity index (χ3n) is 2.71. The van der Waals surface area contributed by atoms with Crippen molar-refractivity contribution < 1.29 is 19.1 Å². The minimum absolute atomic E-state index is 0.342. The van der Waals surface area contributed by atoms with Gasteiger partial charge in [-0.3, -0.25) is 10.1 Å². The average molecular weight is 235 g/mol. The fraction of sp³-hybridized carbons (Fsp3) is 0.333. The number of hydrogen-bond acceptors (Lipinski definition) is 4. The molecule has 1 atom stereocenters. The molecule has 0 aromatic heterocycles. The van der Waals surface area contributed by atoms with Crippen molar-refractivity contribution in [2.24, 2.45) is 0 Å². The second kappa shape index (κ2) is 4.08. The van der Waals surface area contributed by atoms with E-state index in [9.17, 15) is 9.59 Å². The summed E-state index contributed by atoms with van der Waals surface area (Å²) in [6.07, 6.45) is -0.347. The Morgan fingerprint density at radius 3 is 2.41 bits per heavy atom. The monoisotopic (exact) mass is 235 g/mol. The first-order valence-corrected chi connectivity index (χ1v) is 5.21. The molecule has 2 rings (SSSR count). The molecule has 90 valence electrons. The van der Waals surface area contributed by atoms with E-state index >= 15 is 0 Å². The fourth-order valence-electron chi connectivity index (χ4n) is 1.75. The lowest BCUT2D eigenvalue weighted by atomic mass is 9.96. The molecule has 1 aliphatic heterocycles. The summed E-state index contributed by atoms with van der Waals surface area (Å²) in [5.74, 6) is 0.338. The van der Waals surface area contributed by atoms with Crippen molar-refractivity contribution in [1.29, 1.82) is 0 Å². The smallest absolute Gasteiger partial charge is 0.415 e. The van der Waals surface area contributed by atoms with E-state index in [1.165, 1.54) is 0 Å². The van der Waals surface area contributed by atoms with Gasteiger partial charge in [0, 0.05) is 6.42 Å². The first-order valence-electron chi connectivity index (χ1n) is 5.21. The molecule has 2 amide bonds. The van der Waals surface area contributed by atoms with Crippen molar-refractivity contribution >= 4 is 12.0 Å². The van der Waals surface area contributed by atoms with Crippen LogP contribution in [0.2, 0.25) is 0 Å². The molecule has 1 aromatic rings. The molecule has 0 radical (unpaired) electrons. The quantitative estimate of drug-likeness (QED) is 0.856. The maximum Gasteiger partial charge on any atom is 0.415 e. The van der Waals surface area contributed by atoms with Crippen LogP contribution < -0.4 is 10.1 Å². The summed E-state index contributed by atoms with van der Waals surface area (Å²) in [7, 11) is 1.59. The zero-order valence-corrected chi connectivity index (χ0v) is 9.65. The van der Waals surface area contributed by atoms with Crippen LogP contribution in [0.3, 0.4) is 0 Å². The van der Waals surface area contributed by atoms with E-state index in [0.29, 0.717) is 6.42 Å². The Balaban J connectivity index is 2.14. The number of nitrogens with one attached hydrogen (secondary N) is 1. The number of imide groups is 1. The highest BCUT2D eigenvalue weighted by atomic mass is 16.6. The van der Waals surface area contributed by atoms with Gasteiger partial charge in [0.25, 0.3) is 5.91 Å². The standard InChI is InChI=1S/C12H13NO4/c1-12(10(14)13-11(15)17-12)7-8-3-5-9(16-2)6-4-8/h3-6H,7H2,1-2H3,(H,13,14,15). The number of carbonyl (C=O) groups excluding carboxylic acids is 2. The summed E-state index contributed by atoms with van der Waals surface area (Å²) in [5, 5.41) is 2.13. The van der Waals surface area contributed by atoms with E-state index in [0.717, 1.165) is 11.3 Å². The van der Waals surface area contributed by atoms with Gasteiger partial charge in [-0.1, -0.05) is 12.1 Å². The van der Waals surface area contributed by atoms with Crippen LogP contribution in [0.15, 0.2) is 24.3 Å². The summed E-state index contributed by atoms with van der Waals surface area (Å²) >= 11 is 0. The Labute approximate surface area is 98.7 Å². The lowest BCUT2D eigenvalue weighted by Gasteiger charge is -2.18. The van der Waals surface area contributed by atoms with Crippen molar-refractivity contribution in [2.75, 3.05) is 7.11 Å². The molecule has 1 unspecified atom stereocenters. The second-order valence-corrected chi connectivity index (χ2v) is 4.10. The topological polar surface area (TPSA) is 64.6 Å². The van der Waals surface area contributed by atoms with Crippen molar-refractivity contribution in [2.45, 2.75) is 18.9 Å². The number of rotatable bonds is 3. The summed E-state index contributed by atoms with van der Waals surface area (Å²) in [6, 6.07) is 7.27. The van der Waals surface area contributed by atoms with Gasteiger partial charge >= 0.3 is 6.09 Å². The number of amides is 2. The summed E-state index contributed by atoms with van der Waals surface area (Å²) in [5.41, 5.74) is -0.218. The molecule has 5 heteroatoms. The van der Waals surface area contributed by atoms with Gasteiger partial charge in [0.15, 0.2) is 5.60 Å². The van der Waals surface area contributed by atoms with E-state index in [-0.39, 0.29) is 0 Å². The lowest BCUT2D eigenvalue weighted by molar-refractivity contribution is -0.129. The SMILES string of the molecule is COc1ccc(CC2(C)OC(=O)NC2=O)cc1. The Kier molecular flexibility index (Phi) is 2.75. The number of cyclic esters (lactones) is 1. The molecule has 1 aliphatic rings. The van der Waals surface area contributed by atoms with Crippen molar-refractivity contribution in [3.05, 3.63) is 29.8 Å². The molecular formula is C12H13NO4. The van der Waals surface area contributed by atoms with E-state index in [2.05, 4.69) is 5.32 Å². The predicted molar refractivity (Wildman–Crippen MR) is 59.7 cm³/mol. The van der Waals surface area contributed by atoms with E-state index in [1.54, 1.807) is 26.2 Å². The molecule has 0 bridgehead atoms. The van der Waals surface area contributed by atoms with Crippen molar-refractivity contribution in [3.63, 3.8) is 0 Å². The first-order chi connectivity index (χ1) is 8.03. The Morgan fingerprint density at radius 2 is 1.94 bits per heavy atom. The number of ether oxygens (including phenoxy) is 2. The van der Waals surface area contributed by atoms with Crippen LogP contribution in [0.1, 0.15) is 12.5 Å². The zero-order chi connectivity index (χ0) is 12.5. The molecule has 1 heterocycles. The Hall–Kier alpha value is -2.04. The molecule has 1 N–H and O–H groups in total. The van der Waals surface area contributed by atoms with Gasteiger partial charge in [0.05, 0.1) is 7.11 Å². The lowest BCUT2D eigenvalue weighted by Crippen LogP contribution is -2.38. The molecule has 1 aromatic carbocycles. The van der Waals surface area contributed by atoms with Gasteiger partial charge in [-0.05, 0) is 24.6 Å². The molecule has 0 spiro atoms. The Morgan fingerprint density at radius 1 is 1.29 bits per heavy atom. The normalized spacial score (nSPS) is 23.2. The van der Waals surface area contributed by atoms with Crippen LogP contribution in [-0.2, 0) is 16.0 Å². The Bertz CT molecular complexity index is 454. The average Bonchev–Trinajstić information content (AvgIpc) is 2.53. The first kappa shape index (κ1) is 11.4. The highest BCUT2D eigenvalue weighted by Crippen LogP contribution is 2.23. The van der Waals surface area contributed by atoms with Crippen molar-refractivity contribution in [1.82, 2.24) is 5.32 Å². The third-order valence-corrected chi connectivity index (χ3v) is 2.71. The third kappa shape index (κ3) is 2.22. The molecule has 0 aliphatic carbocycles. The predicted octanol–water partition coefficient (Wildman–Crippen LogP) is 1.26. The van der Waals surface area contributed by atoms with E-state index < -0.39 is 17.6 Å². The van der Waals surface area contributed by atoms with Crippen LogP contribution >= 0.6 is 0 Å². The summed E-state index contributed by atoms with van der Waals surface area (Å²) in [6.45, 7) is 1.59. The van der Waals surface area contributed by atoms with Gasteiger partial charge in [0.2, 0.25) is 0 Å². The fourth-order valence-corrected chi connectivity index (χ4v) is 1.75. The van der Waals surface area contributed by atoms with Gasteiger partial charge in [-0.2, -0.15) is 0 Å². The summed E-state index contributed by atoms with van der Waals surface area (Å²) < 4.78 is 10.0. The van der Waals surface area contributed by atoms with Gasteiger partial charge in [-0.15, -0.1) is 0 Å². The number of alkyl carbamates (subject to hydrolysis) is 1. The molecule has 0 saturated carbocycles. The van der Waals surface area contributed by atoms with E-state index in [4.69, 9.17) is 9.47 Å². The van der Waals surface area contributed by atoms with Gasteiger partial charge in [-0.25, -0.2) is 4.79 Å². The van der Waals surface area contributed by atoms with Crippen LogP contribution in [0.5, 0.6) is 5.75 Å². The van der Waals surface area contributed by atoms with Crippen LogP contribution in [0.25, 0.3) is 0 Å². The minimum Gasteiger partial charge on any atom is -0.497 e. The van der Waals surface area contributed by atoms with Gasteiger partial charge < -0.3 is 9.47 Å². The van der Waals surface area contributed by atoms with Gasteiger partial charge in [0.1, 0.15) is 5.75 Å². The van der Waals surface area contributed by atoms with Crippen LogP contribution in [0.4, 0.5) is 4.79 Å². The second-order valence-electron chi connectivity index (χ2n) is 4.10. The maximum absolute atomic E-state index is 11.6. The maximum atomic E-state index is 11.6. The number of benzene rings is 1. The zero-order valence-electron chi connectivity index (χ0n) is 9.65. The summed E-state index contributed by atoms with van der Waals surface area (Å²) in [4.78, 5) is 22.5. The molecular weight excluding hydrogens is 222 g/mol. The minimum atomic E-state index is -1.12. The largest absolute Gasteiger partial charge is 0.497 e. The molecule has 17 heavy (non-hydrogen) atoms. The van der Waals surface area contributed by atoms with Crippen LogP contribution in [0, 0.1) is 0 Å².